The van der Waals surface area contributed by atoms with Gasteiger partial charge in [-0.2, -0.15) is 0 Å². The predicted molar refractivity (Wildman–Crippen MR) is 135 cm³/mol. The normalized spacial score (nSPS) is 23.8. The third-order valence-electron chi connectivity index (χ3n) is 5.97. The maximum Gasteiger partial charge on any atom is 0.267 e. The van der Waals surface area contributed by atoms with Gasteiger partial charge in [0, 0.05) is 6.04 Å². The number of nitrogens with zero attached hydrogens (tertiary/aromatic N) is 2. The van der Waals surface area contributed by atoms with Crippen LogP contribution in [0.1, 0.15) is 38.2 Å². The Morgan fingerprint density at radius 3 is 2.56 bits per heavy atom. The van der Waals surface area contributed by atoms with E-state index in [1.807, 2.05) is 53.4 Å². The van der Waals surface area contributed by atoms with E-state index in [1.54, 1.807) is 14.2 Å². The molecule has 0 unspecified atom stereocenters. The number of hydrogen-bond acceptors (Lipinski definition) is 5. The van der Waals surface area contributed by atoms with Gasteiger partial charge in [-0.1, -0.05) is 38.0 Å². The van der Waals surface area contributed by atoms with Gasteiger partial charge < -0.3 is 9.47 Å². The number of hydrogen-bond donors (Lipinski definition) is 0. The van der Waals surface area contributed by atoms with Crippen molar-refractivity contribution in [3.8, 4) is 11.5 Å². The number of ether oxygens (including phenoxy) is 2. The monoisotopic (exact) mass is 514 g/mol. The molecule has 7 heteroatoms. The molecule has 0 radical (unpaired) electrons. The Bertz CT molecular complexity index is 1050. The van der Waals surface area contributed by atoms with Crippen molar-refractivity contribution >= 4 is 50.5 Å². The molecule has 2 aromatic rings. The van der Waals surface area contributed by atoms with Crippen LogP contribution < -0.4 is 9.47 Å². The van der Waals surface area contributed by atoms with E-state index < -0.39 is 0 Å². The van der Waals surface area contributed by atoms with Crippen LogP contribution in [0.5, 0.6) is 11.5 Å². The molecule has 1 saturated carbocycles. The van der Waals surface area contributed by atoms with Crippen LogP contribution in [0.2, 0.25) is 0 Å². The fourth-order valence-electron chi connectivity index (χ4n) is 4.32. The van der Waals surface area contributed by atoms with Crippen molar-refractivity contribution in [3.63, 3.8) is 0 Å². The minimum atomic E-state index is 0.0225. The predicted octanol–water partition coefficient (Wildman–Crippen LogP) is 6.65. The molecule has 4 rings (SSSR count). The number of methoxy groups -OCH3 is 2. The van der Waals surface area contributed by atoms with Crippen molar-refractivity contribution in [2.75, 3.05) is 14.2 Å². The fraction of sp³-hybridized carbons (Fsp3) is 0.360. The molecular weight excluding hydrogens is 488 g/mol. The molecule has 0 spiro atoms. The van der Waals surface area contributed by atoms with Crippen LogP contribution in [-0.2, 0) is 4.79 Å². The molecule has 0 N–H and O–H groups in total. The van der Waals surface area contributed by atoms with E-state index in [0.29, 0.717) is 22.3 Å². The Kier molecular flexibility index (Phi) is 7.26. The average Bonchev–Trinajstić information content (AvgIpc) is 3.08. The summed E-state index contributed by atoms with van der Waals surface area (Å²) in [4.78, 5) is 21.1. The van der Waals surface area contributed by atoms with Crippen molar-refractivity contribution in [1.29, 1.82) is 0 Å². The SMILES string of the molecule is COc1cc(/C=C2\SC(=Nc3ccccc3)N([C@@H]3CCCC[C@@H]3C)C2=O)cc(Br)c1OC. The van der Waals surface area contributed by atoms with E-state index in [0.717, 1.165) is 40.2 Å². The van der Waals surface area contributed by atoms with Crippen LogP contribution in [0.3, 0.4) is 0 Å². The highest BCUT2D eigenvalue weighted by atomic mass is 79.9. The lowest BCUT2D eigenvalue weighted by atomic mass is 9.85. The van der Waals surface area contributed by atoms with E-state index in [2.05, 4.69) is 22.9 Å². The molecule has 1 saturated heterocycles. The van der Waals surface area contributed by atoms with Crippen LogP contribution in [0.4, 0.5) is 5.69 Å². The molecule has 1 aliphatic carbocycles. The second kappa shape index (κ2) is 10.1. The lowest BCUT2D eigenvalue weighted by Crippen LogP contribution is -2.44. The number of benzene rings is 2. The van der Waals surface area contributed by atoms with Crippen LogP contribution >= 0.6 is 27.7 Å². The molecule has 32 heavy (non-hydrogen) atoms. The number of rotatable bonds is 5. The summed E-state index contributed by atoms with van der Waals surface area (Å²) in [6, 6.07) is 13.8. The lowest BCUT2D eigenvalue weighted by molar-refractivity contribution is -0.124. The van der Waals surface area contributed by atoms with Gasteiger partial charge in [0.15, 0.2) is 16.7 Å². The van der Waals surface area contributed by atoms with Gasteiger partial charge in [-0.25, -0.2) is 4.99 Å². The largest absolute Gasteiger partial charge is 0.493 e. The number of aliphatic imine (C=N–C) groups is 1. The summed E-state index contributed by atoms with van der Waals surface area (Å²) in [5, 5.41) is 0.755. The minimum Gasteiger partial charge on any atom is -0.493 e. The summed E-state index contributed by atoms with van der Waals surface area (Å²) < 4.78 is 11.7. The minimum absolute atomic E-state index is 0.0225. The summed E-state index contributed by atoms with van der Waals surface area (Å²) in [6.45, 7) is 2.25. The molecule has 0 aromatic heterocycles. The lowest BCUT2D eigenvalue weighted by Gasteiger charge is -2.35. The Labute approximate surface area is 202 Å². The zero-order chi connectivity index (χ0) is 22.7. The van der Waals surface area contributed by atoms with Gasteiger partial charge in [0.05, 0.1) is 29.3 Å². The quantitative estimate of drug-likeness (QED) is 0.419. The van der Waals surface area contributed by atoms with E-state index in [9.17, 15) is 4.79 Å². The molecular formula is C25H27BrN2O3S. The number of halogens is 1. The number of thioether (sulfide) groups is 1. The van der Waals surface area contributed by atoms with Gasteiger partial charge in [-0.05, 0) is 82.4 Å². The molecule has 1 aliphatic heterocycles. The molecule has 0 bridgehead atoms. The highest BCUT2D eigenvalue weighted by Crippen LogP contribution is 2.42. The summed E-state index contributed by atoms with van der Waals surface area (Å²) in [7, 11) is 3.21. The highest BCUT2D eigenvalue weighted by molar-refractivity contribution is 9.10. The fourth-order valence-corrected chi connectivity index (χ4v) is 5.99. The third kappa shape index (κ3) is 4.74. The number of para-hydroxylation sites is 1. The average molecular weight is 515 g/mol. The van der Waals surface area contributed by atoms with Gasteiger partial charge in [0.25, 0.3) is 5.91 Å². The first kappa shape index (κ1) is 22.9. The van der Waals surface area contributed by atoms with Gasteiger partial charge in [-0.15, -0.1) is 0 Å². The second-order valence-electron chi connectivity index (χ2n) is 8.08. The maximum absolute atomic E-state index is 13.6. The second-order valence-corrected chi connectivity index (χ2v) is 9.95. The van der Waals surface area contributed by atoms with Gasteiger partial charge >= 0.3 is 0 Å². The molecule has 2 aliphatic rings. The Morgan fingerprint density at radius 1 is 1.12 bits per heavy atom. The van der Waals surface area contributed by atoms with Crippen LogP contribution in [-0.4, -0.2) is 36.2 Å². The smallest absolute Gasteiger partial charge is 0.267 e. The summed E-state index contributed by atoms with van der Waals surface area (Å²) >= 11 is 4.98. The van der Waals surface area contributed by atoms with Crippen molar-refractivity contribution < 1.29 is 14.3 Å². The van der Waals surface area contributed by atoms with E-state index in [1.165, 1.54) is 18.2 Å². The van der Waals surface area contributed by atoms with Crippen LogP contribution in [0.25, 0.3) is 6.08 Å². The summed E-state index contributed by atoms with van der Waals surface area (Å²) in [6.07, 6.45) is 6.42. The van der Waals surface area contributed by atoms with Gasteiger partial charge in [-0.3, -0.25) is 9.69 Å². The molecule has 5 nitrogen and oxygen atoms in total. The van der Waals surface area contributed by atoms with E-state index in [-0.39, 0.29) is 11.9 Å². The van der Waals surface area contributed by atoms with Crippen LogP contribution in [0.15, 0.2) is 56.8 Å². The number of carbonyl (C=O) groups is 1. The molecule has 2 atom stereocenters. The first-order valence-corrected chi connectivity index (χ1v) is 12.4. The molecule has 1 heterocycles. The van der Waals surface area contributed by atoms with Gasteiger partial charge in [0.2, 0.25) is 0 Å². The summed E-state index contributed by atoms with van der Waals surface area (Å²) in [5.74, 6) is 1.71. The zero-order valence-electron chi connectivity index (χ0n) is 18.5. The standard InChI is InChI=1S/C25H27BrN2O3S/c1-16-9-7-8-12-20(16)28-24(29)22(32-25(28)27-18-10-5-4-6-11-18)15-17-13-19(26)23(31-3)21(14-17)30-2/h4-6,10-11,13-16,20H,7-9,12H2,1-3H3/b22-15-,27-25?/t16-,20+/m0/s1. The Hall–Kier alpha value is -2.25. The first-order chi connectivity index (χ1) is 15.5. The number of amides is 1. The number of carbonyl (C=O) groups excluding carboxylic acids is 1. The zero-order valence-corrected chi connectivity index (χ0v) is 20.9. The Balaban J connectivity index is 1.74. The topological polar surface area (TPSA) is 51.1 Å². The molecule has 2 aromatic carbocycles. The van der Waals surface area contributed by atoms with Crippen LogP contribution in [0, 0.1) is 5.92 Å². The highest BCUT2D eigenvalue weighted by Gasteiger charge is 2.41. The van der Waals surface area contributed by atoms with E-state index in [4.69, 9.17) is 14.5 Å². The van der Waals surface area contributed by atoms with Gasteiger partial charge in [0.1, 0.15) is 0 Å². The Morgan fingerprint density at radius 2 is 1.88 bits per heavy atom. The number of amidine groups is 1. The summed E-state index contributed by atoms with van der Waals surface area (Å²) in [5.41, 5.74) is 1.72. The first-order valence-electron chi connectivity index (χ1n) is 10.8. The van der Waals surface area contributed by atoms with Crippen molar-refractivity contribution in [2.45, 2.75) is 38.6 Å². The third-order valence-corrected chi connectivity index (χ3v) is 7.54. The molecule has 168 valence electrons. The van der Waals surface area contributed by atoms with Crippen molar-refractivity contribution in [3.05, 3.63) is 57.4 Å². The van der Waals surface area contributed by atoms with Crippen molar-refractivity contribution in [1.82, 2.24) is 4.90 Å². The molecule has 2 fully saturated rings. The maximum atomic E-state index is 13.6. The van der Waals surface area contributed by atoms with Crippen molar-refractivity contribution in [2.24, 2.45) is 10.9 Å². The van der Waals surface area contributed by atoms with E-state index >= 15 is 0 Å². The molecule has 1 amide bonds.